The van der Waals surface area contributed by atoms with Gasteiger partial charge in [0.2, 0.25) is 5.91 Å². The molecule has 0 unspecified atom stereocenters. The van der Waals surface area contributed by atoms with Crippen LogP contribution in [-0.4, -0.2) is 44.9 Å². The standard InChI is InChI=1S/C18H16ClN5O2S2/c19-16-6-5-15(28-16)18(26)20-9-12-10-24(22-21-12)14-3-1-13(2-4-14)23-7-8-27-11-17(23)25/h1-6,10H,7-9,11H2,(H,20,26). The Hall–Kier alpha value is -2.36. The fourth-order valence-electron chi connectivity index (χ4n) is 2.78. The fourth-order valence-corrected chi connectivity index (χ4v) is 4.52. The van der Waals surface area contributed by atoms with E-state index in [1.54, 1.807) is 39.7 Å². The average Bonchev–Trinajstić information content (AvgIpc) is 3.36. The van der Waals surface area contributed by atoms with Crippen LogP contribution in [0, 0.1) is 0 Å². The number of nitrogens with zero attached hydrogens (tertiary/aromatic N) is 4. The SMILES string of the molecule is O=C(NCc1cn(-c2ccc(N3CCSCC3=O)cc2)nn1)c1ccc(Cl)s1. The summed E-state index contributed by atoms with van der Waals surface area (Å²) < 4.78 is 2.21. The van der Waals surface area contributed by atoms with Crippen LogP contribution >= 0.6 is 34.7 Å². The van der Waals surface area contributed by atoms with E-state index in [0.29, 0.717) is 20.7 Å². The number of anilines is 1. The molecule has 144 valence electrons. The number of rotatable bonds is 5. The summed E-state index contributed by atoms with van der Waals surface area (Å²) in [5.74, 6) is 1.41. The third-order valence-electron chi connectivity index (χ3n) is 4.18. The van der Waals surface area contributed by atoms with Gasteiger partial charge in [0.15, 0.2) is 0 Å². The van der Waals surface area contributed by atoms with Crippen LogP contribution in [0.5, 0.6) is 0 Å². The zero-order valence-corrected chi connectivity index (χ0v) is 17.1. The summed E-state index contributed by atoms with van der Waals surface area (Å²) in [7, 11) is 0. The minimum atomic E-state index is -0.194. The number of aromatic nitrogens is 3. The molecule has 10 heteroatoms. The highest BCUT2D eigenvalue weighted by atomic mass is 35.5. The molecule has 1 aliphatic heterocycles. The van der Waals surface area contributed by atoms with Crippen molar-refractivity contribution in [2.24, 2.45) is 0 Å². The second kappa shape index (κ2) is 8.34. The van der Waals surface area contributed by atoms with Crippen molar-refractivity contribution in [2.45, 2.75) is 6.54 Å². The van der Waals surface area contributed by atoms with E-state index in [4.69, 9.17) is 11.6 Å². The Bertz CT molecular complexity index is 1000. The normalized spacial score (nSPS) is 14.3. The first-order valence-corrected chi connectivity index (χ1v) is 10.9. The number of amides is 2. The molecule has 0 saturated carbocycles. The molecule has 0 bridgehead atoms. The lowest BCUT2D eigenvalue weighted by Gasteiger charge is -2.26. The molecule has 1 aromatic carbocycles. The molecule has 1 N–H and O–H groups in total. The van der Waals surface area contributed by atoms with Gasteiger partial charge < -0.3 is 10.2 Å². The second-order valence-corrected chi connectivity index (χ2v) is 8.88. The second-order valence-electron chi connectivity index (χ2n) is 6.06. The predicted octanol–water partition coefficient (Wildman–Crippen LogP) is 2.99. The van der Waals surface area contributed by atoms with Crippen molar-refractivity contribution < 1.29 is 9.59 Å². The van der Waals surface area contributed by atoms with E-state index in [-0.39, 0.29) is 18.4 Å². The number of carbonyl (C=O) groups is 2. The van der Waals surface area contributed by atoms with Crippen LogP contribution in [0.3, 0.4) is 0 Å². The minimum Gasteiger partial charge on any atom is -0.346 e. The molecular weight excluding hydrogens is 418 g/mol. The minimum absolute atomic E-state index is 0.134. The fraction of sp³-hybridized carbons (Fsp3) is 0.222. The molecule has 7 nitrogen and oxygen atoms in total. The molecule has 0 atom stereocenters. The first-order valence-electron chi connectivity index (χ1n) is 8.53. The van der Waals surface area contributed by atoms with Crippen molar-refractivity contribution in [3.63, 3.8) is 0 Å². The third-order valence-corrected chi connectivity index (χ3v) is 6.33. The Morgan fingerprint density at radius 3 is 2.68 bits per heavy atom. The van der Waals surface area contributed by atoms with Crippen LogP contribution in [0.2, 0.25) is 4.34 Å². The van der Waals surface area contributed by atoms with E-state index in [0.717, 1.165) is 23.7 Å². The van der Waals surface area contributed by atoms with Gasteiger partial charge in [-0.1, -0.05) is 16.8 Å². The zero-order valence-electron chi connectivity index (χ0n) is 14.7. The molecule has 1 saturated heterocycles. The number of benzene rings is 1. The van der Waals surface area contributed by atoms with Gasteiger partial charge in [-0.15, -0.1) is 16.4 Å². The molecule has 0 radical (unpaired) electrons. The molecule has 3 heterocycles. The maximum Gasteiger partial charge on any atom is 0.261 e. The van der Waals surface area contributed by atoms with Crippen molar-refractivity contribution >= 4 is 52.2 Å². The van der Waals surface area contributed by atoms with Crippen LogP contribution in [0.4, 0.5) is 5.69 Å². The van der Waals surface area contributed by atoms with E-state index in [1.807, 2.05) is 24.3 Å². The molecule has 1 fully saturated rings. The number of halogens is 1. The van der Waals surface area contributed by atoms with Crippen molar-refractivity contribution in [3.8, 4) is 5.69 Å². The monoisotopic (exact) mass is 433 g/mol. The Kier molecular flexibility index (Phi) is 5.65. The molecule has 3 aromatic rings. The quantitative estimate of drug-likeness (QED) is 0.669. The van der Waals surface area contributed by atoms with E-state index in [2.05, 4.69) is 15.6 Å². The maximum atomic E-state index is 12.1. The van der Waals surface area contributed by atoms with Gasteiger partial charge in [0.25, 0.3) is 5.91 Å². The summed E-state index contributed by atoms with van der Waals surface area (Å²) >= 11 is 8.74. The van der Waals surface area contributed by atoms with Crippen LogP contribution in [0.25, 0.3) is 5.69 Å². The zero-order chi connectivity index (χ0) is 19.5. The highest BCUT2D eigenvalue weighted by Gasteiger charge is 2.19. The van der Waals surface area contributed by atoms with E-state index < -0.39 is 0 Å². The summed E-state index contributed by atoms with van der Waals surface area (Å²) in [5, 5.41) is 11.0. The van der Waals surface area contributed by atoms with Crippen molar-refractivity contribution in [2.75, 3.05) is 23.0 Å². The van der Waals surface area contributed by atoms with Crippen LogP contribution in [0.15, 0.2) is 42.6 Å². The highest BCUT2D eigenvalue weighted by Crippen LogP contribution is 2.22. The van der Waals surface area contributed by atoms with Gasteiger partial charge in [-0.3, -0.25) is 9.59 Å². The molecule has 4 rings (SSSR count). The summed E-state index contributed by atoms with van der Waals surface area (Å²) in [6.07, 6.45) is 1.76. The number of nitrogens with one attached hydrogen (secondary N) is 1. The van der Waals surface area contributed by atoms with Gasteiger partial charge in [0, 0.05) is 18.0 Å². The van der Waals surface area contributed by atoms with Gasteiger partial charge in [0.1, 0.15) is 5.69 Å². The lowest BCUT2D eigenvalue weighted by molar-refractivity contribution is -0.116. The van der Waals surface area contributed by atoms with Gasteiger partial charge in [-0.2, -0.15) is 11.8 Å². The largest absolute Gasteiger partial charge is 0.346 e. The van der Waals surface area contributed by atoms with Gasteiger partial charge >= 0.3 is 0 Å². The first-order chi connectivity index (χ1) is 13.6. The number of thiophene rings is 1. The summed E-state index contributed by atoms with van der Waals surface area (Å²) in [4.78, 5) is 26.5. The van der Waals surface area contributed by atoms with Gasteiger partial charge in [0.05, 0.1) is 33.4 Å². The number of thioether (sulfide) groups is 1. The Morgan fingerprint density at radius 2 is 1.96 bits per heavy atom. The number of hydrogen-bond donors (Lipinski definition) is 1. The molecule has 2 amide bonds. The van der Waals surface area contributed by atoms with Crippen molar-refractivity contribution in [3.05, 3.63) is 57.5 Å². The Balaban J connectivity index is 1.39. The van der Waals surface area contributed by atoms with Gasteiger partial charge in [-0.25, -0.2) is 4.68 Å². The Labute approximate surface area is 174 Å². The highest BCUT2D eigenvalue weighted by molar-refractivity contribution is 8.00. The van der Waals surface area contributed by atoms with Crippen molar-refractivity contribution in [1.82, 2.24) is 20.3 Å². The topological polar surface area (TPSA) is 80.1 Å². The van der Waals surface area contributed by atoms with E-state index >= 15 is 0 Å². The maximum absolute atomic E-state index is 12.1. The molecule has 2 aromatic heterocycles. The van der Waals surface area contributed by atoms with Crippen LogP contribution in [-0.2, 0) is 11.3 Å². The number of hydrogen-bond acceptors (Lipinski definition) is 6. The average molecular weight is 434 g/mol. The molecule has 28 heavy (non-hydrogen) atoms. The van der Waals surface area contributed by atoms with E-state index in [9.17, 15) is 9.59 Å². The summed E-state index contributed by atoms with van der Waals surface area (Å²) in [6.45, 7) is 0.998. The molecule has 0 spiro atoms. The predicted molar refractivity (Wildman–Crippen MR) is 112 cm³/mol. The third kappa shape index (κ3) is 4.21. The number of carbonyl (C=O) groups excluding carboxylic acids is 2. The first kappa shape index (κ1) is 19.0. The lowest BCUT2D eigenvalue weighted by Crippen LogP contribution is -2.38. The van der Waals surface area contributed by atoms with Crippen molar-refractivity contribution in [1.29, 1.82) is 0 Å². The summed E-state index contributed by atoms with van der Waals surface area (Å²) in [6, 6.07) is 11.0. The lowest BCUT2D eigenvalue weighted by atomic mass is 10.2. The molecular formula is C18H16ClN5O2S2. The van der Waals surface area contributed by atoms with Crippen LogP contribution in [0.1, 0.15) is 15.4 Å². The smallest absolute Gasteiger partial charge is 0.261 e. The van der Waals surface area contributed by atoms with E-state index in [1.165, 1.54) is 11.3 Å². The summed E-state index contributed by atoms with van der Waals surface area (Å²) in [5.41, 5.74) is 2.36. The molecule has 1 aliphatic rings. The molecule has 0 aliphatic carbocycles. The van der Waals surface area contributed by atoms with Gasteiger partial charge in [-0.05, 0) is 36.4 Å². The van der Waals surface area contributed by atoms with Crippen LogP contribution < -0.4 is 10.2 Å². The Morgan fingerprint density at radius 1 is 1.18 bits per heavy atom.